The predicted molar refractivity (Wildman–Crippen MR) is 80.4 cm³/mol. The maximum atomic E-state index is 5.27. The van der Waals surface area contributed by atoms with Crippen molar-refractivity contribution in [1.82, 2.24) is 25.7 Å². The molecule has 22 heavy (non-hydrogen) atoms. The Morgan fingerprint density at radius 3 is 3.09 bits per heavy atom. The van der Waals surface area contributed by atoms with Crippen LogP contribution in [0.25, 0.3) is 0 Å². The third kappa shape index (κ3) is 2.94. The lowest BCUT2D eigenvalue weighted by Crippen LogP contribution is -2.38. The van der Waals surface area contributed by atoms with Gasteiger partial charge in [0.25, 0.3) is 0 Å². The Hall–Kier alpha value is -2.02. The van der Waals surface area contributed by atoms with Crippen molar-refractivity contribution in [2.75, 3.05) is 18.0 Å². The van der Waals surface area contributed by atoms with E-state index in [0.29, 0.717) is 18.5 Å². The van der Waals surface area contributed by atoms with E-state index in [9.17, 15) is 0 Å². The molecule has 2 aliphatic rings. The highest BCUT2D eigenvalue weighted by Gasteiger charge is 2.29. The first kappa shape index (κ1) is 13.6. The Kier molecular flexibility index (Phi) is 3.72. The Bertz CT molecular complexity index is 612. The maximum absolute atomic E-state index is 5.27. The number of hydrogen-bond donors (Lipinski definition) is 1. The molecule has 3 heterocycles. The van der Waals surface area contributed by atoms with Crippen molar-refractivity contribution in [3.63, 3.8) is 0 Å². The quantitative estimate of drug-likeness (QED) is 0.865. The molecule has 1 aliphatic heterocycles. The van der Waals surface area contributed by atoms with Crippen LogP contribution in [-0.4, -0.2) is 39.5 Å². The Labute approximate surface area is 129 Å². The molecule has 0 amide bonds. The van der Waals surface area contributed by atoms with Crippen LogP contribution in [0.1, 0.15) is 43.3 Å². The molecule has 0 spiro atoms. The number of nitrogens with one attached hydrogen (secondary N) is 1. The molecule has 1 aliphatic carbocycles. The van der Waals surface area contributed by atoms with Gasteiger partial charge in [-0.05, 0) is 37.8 Å². The fourth-order valence-electron chi connectivity index (χ4n) is 2.98. The molecule has 7 nitrogen and oxygen atoms in total. The molecule has 1 saturated heterocycles. The largest absolute Gasteiger partial charge is 0.351 e. The molecule has 4 rings (SSSR count). The summed E-state index contributed by atoms with van der Waals surface area (Å²) >= 11 is 0. The van der Waals surface area contributed by atoms with Crippen LogP contribution in [-0.2, 0) is 6.54 Å². The minimum Gasteiger partial charge on any atom is -0.351 e. The molecule has 1 saturated carbocycles. The maximum Gasteiger partial charge on any atom is 0.229 e. The van der Waals surface area contributed by atoms with Crippen molar-refractivity contribution >= 4 is 5.82 Å². The van der Waals surface area contributed by atoms with Gasteiger partial charge in [0.2, 0.25) is 5.89 Å². The standard InChI is InChI=1S/C15H20N6O/c1-4-14(19-17-7-1)21-8-2-3-12(21)9-16-10-13-18-15(22-20-13)11-5-6-11/h1,4,7,11-12,16H,2-3,5-6,8-10H2/t12-/m0/s1. The van der Waals surface area contributed by atoms with E-state index in [2.05, 4.69) is 30.6 Å². The molecular weight excluding hydrogens is 280 g/mol. The van der Waals surface area contributed by atoms with E-state index in [1.54, 1.807) is 6.20 Å². The second-order valence-corrected chi connectivity index (χ2v) is 6.03. The molecule has 116 valence electrons. The molecule has 7 heteroatoms. The van der Waals surface area contributed by atoms with E-state index in [-0.39, 0.29) is 0 Å². The van der Waals surface area contributed by atoms with Crippen LogP contribution in [0, 0.1) is 0 Å². The SMILES string of the molecule is c1cnnc(N2CCC[C@H]2CNCc2noc(C3CC3)n2)c1. The molecule has 1 N–H and O–H groups in total. The summed E-state index contributed by atoms with van der Waals surface area (Å²) in [4.78, 5) is 6.76. The first-order chi connectivity index (χ1) is 10.9. The lowest BCUT2D eigenvalue weighted by molar-refractivity contribution is 0.372. The summed E-state index contributed by atoms with van der Waals surface area (Å²) in [6.45, 7) is 2.59. The summed E-state index contributed by atoms with van der Waals surface area (Å²) < 4.78 is 5.27. The van der Waals surface area contributed by atoms with Gasteiger partial charge in [-0.3, -0.25) is 0 Å². The number of anilines is 1. The topological polar surface area (TPSA) is 80.0 Å². The van der Waals surface area contributed by atoms with Gasteiger partial charge < -0.3 is 14.7 Å². The average Bonchev–Trinajstić information content (AvgIpc) is 3.12. The predicted octanol–water partition coefficient (Wildman–Crippen LogP) is 1.50. The third-order valence-electron chi connectivity index (χ3n) is 4.30. The Balaban J connectivity index is 1.30. The van der Waals surface area contributed by atoms with Crippen LogP contribution < -0.4 is 10.2 Å². The van der Waals surface area contributed by atoms with Gasteiger partial charge >= 0.3 is 0 Å². The molecule has 1 atom stereocenters. The monoisotopic (exact) mass is 300 g/mol. The van der Waals surface area contributed by atoms with E-state index in [4.69, 9.17) is 4.52 Å². The lowest BCUT2D eigenvalue weighted by atomic mass is 10.2. The van der Waals surface area contributed by atoms with E-state index in [0.717, 1.165) is 30.6 Å². The molecule has 0 aromatic carbocycles. The average molecular weight is 300 g/mol. The highest BCUT2D eigenvalue weighted by molar-refractivity contribution is 5.39. The van der Waals surface area contributed by atoms with Crippen LogP contribution >= 0.6 is 0 Å². The zero-order valence-corrected chi connectivity index (χ0v) is 12.5. The second kappa shape index (κ2) is 6.00. The molecule has 2 aromatic heterocycles. The summed E-state index contributed by atoms with van der Waals surface area (Å²) in [5, 5.41) is 15.7. The second-order valence-electron chi connectivity index (χ2n) is 6.03. The van der Waals surface area contributed by atoms with Crippen molar-refractivity contribution < 1.29 is 4.52 Å². The summed E-state index contributed by atoms with van der Waals surface area (Å²) in [5.74, 6) is 3.04. The van der Waals surface area contributed by atoms with E-state index >= 15 is 0 Å². The number of rotatable bonds is 6. The number of nitrogens with zero attached hydrogens (tertiary/aromatic N) is 5. The van der Waals surface area contributed by atoms with Crippen molar-refractivity contribution in [2.45, 2.75) is 44.2 Å². The van der Waals surface area contributed by atoms with Crippen LogP contribution in [0.2, 0.25) is 0 Å². The third-order valence-corrected chi connectivity index (χ3v) is 4.30. The molecule has 2 fully saturated rings. The first-order valence-electron chi connectivity index (χ1n) is 7.98. The van der Waals surface area contributed by atoms with E-state index in [1.807, 2.05) is 12.1 Å². The first-order valence-corrected chi connectivity index (χ1v) is 7.98. The molecule has 0 bridgehead atoms. The van der Waals surface area contributed by atoms with E-state index in [1.165, 1.54) is 25.7 Å². The van der Waals surface area contributed by atoms with Crippen molar-refractivity contribution in [3.05, 3.63) is 30.0 Å². The Morgan fingerprint density at radius 1 is 1.32 bits per heavy atom. The van der Waals surface area contributed by atoms with Crippen LogP contribution in [0.15, 0.2) is 22.9 Å². The van der Waals surface area contributed by atoms with Crippen LogP contribution in [0.4, 0.5) is 5.82 Å². The van der Waals surface area contributed by atoms with Gasteiger partial charge in [-0.2, -0.15) is 10.1 Å². The highest BCUT2D eigenvalue weighted by Crippen LogP contribution is 2.38. The minimum atomic E-state index is 0.450. The molecular formula is C15H20N6O. The van der Waals surface area contributed by atoms with Gasteiger partial charge in [0.15, 0.2) is 11.6 Å². The van der Waals surface area contributed by atoms with E-state index < -0.39 is 0 Å². The van der Waals surface area contributed by atoms with Crippen LogP contribution in [0.3, 0.4) is 0 Å². The summed E-state index contributed by atoms with van der Waals surface area (Å²) in [5.41, 5.74) is 0. The molecule has 0 radical (unpaired) electrons. The fraction of sp³-hybridized carbons (Fsp3) is 0.600. The van der Waals surface area contributed by atoms with Gasteiger partial charge in [-0.15, -0.1) is 5.10 Å². The normalized spacial score (nSPS) is 21.5. The summed E-state index contributed by atoms with van der Waals surface area (Å²) in [7, 11) is 0. The van der Waals surface area contributed by atoms with Crippen molar-refractivity contribution in [3.8, 4) is 0 Å². The fourth-order valence-corrected chi connectivity index (χ4v) is 2.98. The van der Waals surface area contributed by atoms with Gasteiger partial charge in [0.05, 0.1) is 6.54 Å². The van der Waals surface area contributed by atoms with Crippen molar-refractivity contribution in [2.24, 2.45) is 0 Å². The molecule has 2 aromatic rings. The lowest BCUT2D eigenvalue weighted by Gasteiger charge is -2.25. The zero-order valence-electron chi connectivity index (χ0n) is 12.5. The summed E-state index contributed by atoms with van der Waals surface area (Å²) in [6, 6.07) is 4.41. The van der Waals surface area contributed by atoms with Gasteiger partial charge in [-0.25, -0.2) is 0 Å². The minimum absolute atomic E-state index is 0.450. The Morgan fingerprint density at radius 2 is 2.27 bits per heavy atom. The van der Waals surface area contributed by atoms with Crippen LogP contribution in [0.5, 0.6) is 0 Å². The van der Waals surface area contributed by atoms with Gasteiger partial charge in [0.1, 0.15) is 0 Å². The number of aromatic nitrogens is 4. The van der Waals surface area contributed by atoms with Gasteiger partial charge in [-0.1, -0.05) is 5.16 Å². The smallest absolute Gasteiger partial charge is 0.229 e. The highest BCUT2D eigenvalue weighted by atomic mass is 16.5. The van der Waals surface area contributed by atoms with Crippen molar-refractivity contribution in [1.29, 1.82) is 0 Å². The zero-order chi connectivity index (χ0) is 14.8. The summed E-state index contributed by atoms with van der Waals surface area (Å²) in [6.07, 6.45) is 6.44. The molecule has 0 unspecified atom stereocenters. The van der Waals surface area contributed by atoms with Gasteiger partial charge in [0, 0.05) is 31.2 Å². The number of hydrogen-bond acceptors (Lipinski definition) is 7.